The Morgan fingerprint density at radius 1 is 1.00 bits per heavy atom. The van der Waals surface area contributed by atoms with E-state index in [9.17, 15) is 14.7 Å². The quantitative estimate of drug-likeness (QED) is 0.278. The number of aliphatic hydroxyl groups excluding tert-OH is 1. The molecule has 0 spiro atoms. The number of nitrogens with one attached hydrogen (secondary N) is 2. The van der Waals surface area contributed by atoms with Gasteiger partial charge in [0, 0.05) is 26.2 Å². The van der Waals surface area contributed by atoms with E-state index in [4.69, 9.17) is 9.47 Å². The molecule has 0 fully saturated rings. The van der Waals surface area contributed by atoms with Crippen molar-refractivity contribution in [2.45, 2.75) is 45.6 Å². The van der Waals surface area contributed by atoms with Crippen LogP contribution in [0.2, 0.25) is 0 Å². The third-order valence-electron chi connectivity index (χ3n) is 5.62. The molecular formula is C30H37N3O5. The zero-order valence-electron chi connectivity index (χ0n) is 22.2. The van der Waals surface area contributed by atoms with Crippen LogP contribution in [0.3, 0.4) is 0 Å². The highest BCUT2D eigenvalue weighted by Gasteiger charge is 2.18. The van der Waals surface area contributed by atoms with Gasteiger partial charge in [-0.25, -0.2) is 4.79 Å². The van der Waals surface area contributed by atoms with Crippen LogP contribution in [0.15, 0.2) is 78.9 Å². The Morgan fingerprint density at radius 2 is 1.66 bits per heavy atom. The van der Waals surface area contributed by atoms with E-state index in [0.29, 0.717) is 56.2 Å². The average Bonchev–Trinajstić information content (AvgIpc) is 2.88. The third kappa shape index (κ3) is 9.88. The standard InChI is InChI=1S/C30H37N3O5/c1-30(2,3)38-29(36)31-16-17-33(19-23-10-6-4-7-11-23)20-27(35)25-14-15-28(26(18-25)32-22-34)37-21-24-12-8-5-9-13-24/h4-15,18,22,27,35H,16-17,19-21H2,1-3H3,(H,31,36)(H,32,34). The number of benzene rings is 3. The highest BCUT2D eigenvalue weighted by molar-refractivity contribution is 5.76. The molecule has 0 aliphatic heterocycles. The molecule has 3 N–H and O–H groups in total. The summed E-state index contributed by atoms with van der Waals surface area (Å²) in [7, 11) is 0. The molecule has 3 aromatic rings. The number of carbonyl (C=O) groups excluding carboxylic acids is 2. The summed E-state index contributed by atoms with van der Waals surface area (Å²) in [6, 6.07) is 24.9. The van der Waals surface area contributed by atoms with Gasteiger partial charge in [0.2, 0.25) is 6.41 Å². The Bertz CT molecular complexity index is 1150. The van der Waals surface area contributed by atoms with Crippen LogP contribution in [0.25, 0.3) is 0 Å². The van der Waals surface area contributed by atoms with E-state index in [1.54, 1.807) is 18.2 Å². The highest BCUT2D eigenvalue weighted by atomic mass is 16.6. The van der Waals surface area contributed by atoms with Crippen molar-refractivity contribution < 1.29 is 24.2 Å². The number of rotatable bonds is 13. The Kier molecular flexibility index (Phi) is 10.7. The smallest absolute Gasteiger partial charge is 0.407 e. The molecule has 8 nitrogen and oxygen atoms in total. The van der Waals surface area contributed by atoms with Gasteiger partial charge in [0.1, 0.15) is 18.0 Å². The zero-order valence-corrected chi connectivity index (χ0v) is 22.2. The Balaban J connectivity index is 1.67. The Labute approximate surface area is 224 Å². The van der Waals surface area contributed by atoms with Gasteiger partial charge in [-0.2, -0.15) is 0 Å². The Morgan fingerprint density at radius 3 is 2.29 bits per heavy atom. The molecule has 1 atom stereocenters. The molecule has 0 aliphatic carbocycles. The first-order valence-corrected chi connectivity index (χ1v) is 12.7. The van der Waals surface area contributed by atoms with Crippen molar-refractivity contribution in [2.75, 3.05) is 25.0 Å². The molecule has 0 saturated heterocycles. The number of amides is 2. The van der Waals surface area contributed by atoms with E-state index in [-0.39, 0.29) is 0 Å². The van der Waals surface area contributed by atoms with Crippen molar-refractivity contribution in [2.24, 2.45) is 0 Å². The monoisotopic (exact) mass is 519 g/mol. The van der Waals surface area contributed by atoms with E-state index in [1.165, 1.54) is 0 Å². The number of hydrogen-bond acceptors (Lipinski definition) is 6. The molecule has 0 radical (unpaired) electrons. The van der Waals surface area contributed by atoms with Gasteiger partial charge in [0.25, 0.3) is 0 Å². The van der Waals surface area contributed by atoms with Crippen LogP contribution >= 0.6 is 0 Å². The van der Waals surface area contributed by atoms with Gasteiger partial charge in [-0.15, -0.1) is 0 Å². The van der Waals surface area contributed by atoms with E-state index >= 15 is 0 Å². The highest BCUT2D eigenvalue weighted by Crippen LogP contribution is 2.29. The summed E-state index contributed by atoms with van der Waals surface area (Å²) in [4.78, 5) is 25.4. The van der Waals surface area contributed by atoms with Gasteiger partial charge in [0.15, 0.2) is 0 Å². The molecule has 2 amide bonds. The number of ether oxygens (including phenoxy) is 2. The zero-order chi connectivity index (χ0) is 27.4. The summed E-state index contributed by atoms with van der Waals surface area (Å²) >= 11 is 0. The maximum Gasteiger partial charge on any atom is 0.407 e. The van der Waals surface area contributed by atoms with E-state index in [2.05, 4.69) is 15.5 Å². The molecule has 0 aliphatic rings. The molecular weight excluding hydrogens is 482 g/mol. The van der Waals surface area contributed by atoms with Gasteiger partial charge >= 0.3 is 6.09 Å². The lowest BCUT2D eigenvalue weighted by atomic mass is 10.1. The van der Waals surface area contributed by atoms with Crippen LogP contribution in [0.5, 0.6) is 5.75 Å². The van der Waals surface area contributed by atoms with Crippen molar-refractivity contribution in [3.8, 4) is 5.75 Å². The molecule has 0 heterocycles. The molecule has 202 valence electrons. The number of anilines is 1. The second-order valence-electron chi connectivity index (χ2n) is 9.96. The molecule has 3 aromatic carbocycles. The van der Waals surface area contributed by atoms with Crippen molar-refractivity contribution >= 4 is 18.2 Å². The van der Waals surface area contributed by atoms with Gasteiger partial charge in [-0.1, -0.05) is 66.7 Å². The van der Waals surface area contributed by atoms with Gasteiger partial charge in [-0.05, 0) is 49.6 Å². The van der Waals surface area contributed by atoms with E-state index in [0.717, 1.165) is 11.1 Å². The van der Waals surface area contributed by atoms with Crippen molar-refractivity contribution in [1.82, 2.24) is 10.2 Å². The van der Waals surface area contributed by atoms with Crippen LogP contribution in [-0.2, 0) is 22.7 Å². The van der Waals surface area contributed by atoms with Crippen LogP contribution in [0, 0.1) is 0 Å². The van der Waals surface area contributed by atoms with Crippen LogP contribution in [-0.4, -0.2) is 47.7 Å². The predicted octanol–water partition coefficient (Wildman–Crippen LogP) is 4.89. The lowest BCUT2D eigenvalue weighted by molar-refractivity contribution is -0.105. The van der Waals surface area contributed by atoms with Gasteiger partial charge in [-0.3, -0.25) is 9.69 Å². The van der Waals surface area contributed by atoms with Crippen molar-refractivity contribution in [1.29, 1.82) is 0 Å². The third-order valence-corrected chi connectivity index (χ3v) is 5.62. The molecule has 8 heteroatoms. The minimum Gasteiger partial charge on any atom is -0.487 e. The van der Waals surface area contributed by atoms with E-state index < -0.39 is 17.8 Å². The predicted molar refractivity (Wildman–Crippen MR) is 148 cm³/mol. The minimum atomic E-state index is -0.837. The number of nitrogens with zero attached hydrogens (tertiary/aromatic N) is 1. The van der Waals surface area contributed by atoms with E-state index in [1.807, 2.05) is 81.4 Å². The number of carbonyl (C=O) groups is 2. The second-order valence-corrected chi connectivity index (χ2v) is 9.96. The topological polar surface area (TPSA) is 100 Å². The van der Waals surface area contributed by atoms with Crippen LogP contribution < -0.4 is 15.4 Å². The molecule has 1 unspecified atom stereocenters. The lowest BCUT2D eigenvalue weighted by Crippen LogP contribution is -2.39. The summed E-state index contributed by atoms with van der Waals surface area (Å²) in [6.45, 7) is 7.57. The number of alkyl carbamates (subject to hydrolysis) is 1. The first-order chi connectivity index (χ1) is 18.2. The number of aliphatic hydroxyl groups is 1. The first kappa shape index (κ1) is 28.7. The van der Waals surface area contributed by atoms with Crippen LogP contribution in [0.4, 0.5) is 10.5 Å². The summed E-state index contributed by atoms with van der Waals surface area (Å²) in [5.74, 6) is 0.514. The summed E-state index contributed by atoms with van der Waals surface area (Å²) < 4.78 is 11.2. The van der Waals surface area contributed by atoms with Crippen molar-refractivity contribution in [3.63, 3.8) is 0 Å². The molecule has 3 rings (SSSR count). The summed E-state index contributed by atoms with van der Waals surface area (Å²) in [6.07, 6.45) is -0.728. The fourth-order valence-electron chi connectivity index (χ4n) is 3.85. The second kappa shape index (κ2) is 14.2. The van der Waals surface area contributed by atoms with Gasteiger partial charge in [0.05, 0.1) is 11.8 Å². The Hall–Kier alpha value is -3.88. The first-order valence-electron chi connectivity index (χ1n) is 12.7. The van der Waals surface area contributed by atoms with Crippen LogP contribution in [0.1, 0.15) is 43.6 Å². The molecule has 0 aromatic heterocycles. The normalized spacial score (nSPS) is 12.0. The minimum absolute atomic E-state index is 0.315. The molecule has 0 saturated carbocycles. The largest absolute Gasteiger partial charge is 0.487 e. The molecule has 0 bridgehead atoms. The average molecular weight is 520 g/mol. The van der Waals surface area contributed by atoms with Crippen molar-refractivity contribution in [3.05, 3.63) is 95.6 Å². The summed E-state index contributed by atoms with van der Waals surface area (Å²) in [5.41, 5.74) is 2.64. The maximum absolute atomic E-state index is 12.1. The molecule has 38 heavy (non-hydrogen) atoms. The van der Waals surface area contributed by atoms with Gasteiger partial charge < -0.3 is 25.2 Å². The lowest BCUT2D eigenvalue weighted by Gasteiger charge is -2.26. The fourth-order valence-corrected chi connectivity index (χ4v) is 3.85. The summed E-state index contributed by atoms with van der Waals surface area (Å²) in [5, 5.41) is 16.6. The SMILES string of the molecule is CC(C)(C)OC(=O)NCCN(Cc1ccccc1)CC(O)c1ccc(OCc2ccccc2)c(NC=O)c1. The fraction of sp³-hybridized carbons (Fsp3) is 0.333. The number of hydrogen-bond donors (Lipinski definition) is 3. The maximum atomic E-state index is 12.1.